The van der Waals surface area contributed by atoms with Crippen molar-refractivity contribution in [1.82, 2.24) is 10.2 Å². The average Bonchev–Trinajstić information content (AvgIpc) is 2.87. The van der Waals surface area contributed by atoms with Crippen LogP contribution in [-0.2, 0) is 32.6 Å². The largest absolute Gasteiger partial charge is 0.379 e. The molecule has 1 N–H and O–H groups in total. The van der Waals surface area contributed by atoms with Crippen molar-refractivity contribution in [2.24, 2.45) is 0 Å². The first-order chi connectivity index (χ1) is 17.3. The van der Waals surface area contributed by atoms with E-state index in [1.807, 2.05) is 25.1 Å². The van der Waals surface area contributed by atoms with Crippen LogP contribution in [0, 0.1) is 6.92 Å². The summed E-state index contributed by atoms with van der Waals surface area (Å²) >= 11 is 5.94. The lowest BCUT2D eigenvalue weighted by atomic mass is 10.1. The van der Waals surface area contributed by atoms with E-state index in [0.29, 0.717) is 17.3 Å². The fourth-order valence-electron chi connectivity index (χ4n) is 4.00. The number of carbonyl (C=O) groups is 1. The van der Waals surface area contributed by atoms with Gasteiger partial charge in [-0.3, -0.25) is 14.0 Å². The Labute approximate surface area is 217 Å². The molecule has 1 amide bonds. The highest BCUT2D eigenvalue weighted by molar-refractivity contribution is 7.92. The molecule has 0 unspecified atom stereocenters. The maximum Gasteiger partial charge on any atom is 0.264 e. The van der Waals surface area contributed by atoms with Gasteiger partial charge in [-0.25, -0.2) is 8.42 Å². The average molecular weight is 528 g/mol. The minimum atomic E-state index is -3.99. The monoisotopic (exact) mass is 527 g/mol. The summed E-state index contributed by atoms with van der Waals surface area (Å²) in [7, 11) is -3.99. The molecule has 1 saturated heterocycles. The second kappa shape index (κ2) is 11.9. The Bertz CT molecular complexity index is 1280. The number of anilines is 1. The number of rotatable bonds is 9. The lowest BCUT2D eigenvalue weighted by Gasteiger charge is -2.26. The highest BCUT2D eigenvalue weighted by Crippen LogP contribution is 2.25. The van der Waals surface area contributed by atoms with Crippen molar-refractivity contribution < 1.29 is 17.9 Å². The summed E-state index contributed by atoms with van der Waals surface area (Å²) in [5, 5.41) is 3.29. The highest BCUT2D eigenvalue weighted by atomic mass is 35.5. The maximum absolute atomic E-state index is 13.5. The van der Waals surface area contributed by atoms with Crippen LogP contribution in [0.2, 0.25) is 5.02 Å². The Morgan fingerprint density at radius 3 is 2.33 bits per heavy atom. The lowest BCUT2D eigenvalue weighted by molar-refractivity contribution is -0.119. The van der Waals surface area contributed by atoms with E-state index in [4.69, 9.17) is 16.3 Å². The van der Waals surface area contributed by atoms with Crippen molar-refractivity contribution in [1.29, 1.82) is 0 Å². The van der Waals surface area contributed by atoms with Crippen molar-refractivity contribution in [3.8, 4) is 0 Å². The van der Waals surface area contributed by atoms with Crippen LogP contribution in [0.5, 0.6) is 0 Å². The number of benzene rings is 3. The van der Waals surface area contributed by atoms with Crippen molar-refractivity contribution in [3.05, 3.63) is 94.5 Å². The van der Waals surface area contributed by atoms with Gasteiger partial charge in [0, 0.05) is 31.2 Å². The van der Waals surface area contributed by atoms with Gasteiger partial charge in [-0.2, -0.15) is 0 Å². The number of sulfonamides is 1. The van der Waals surface area contributed by atoms with E-state index in [2.05, 4.69) is 22.3 Å². The Hall–Kier alpha value is -2.91. The van der Waals surface area contributed by atoms with Crippen LogP contribution in [0.1, 0.15) is 16.7 Å². The van der Waals surface area contributed by atoms with Crippen molar-refractivity contribution in [3.63, 3.8) is 0 Å². The fraction of sp³-hybridized carbons (Fsp3) is 0.296. The standard InChI is InChI=1S/C27H30ClN3O4S/c1-21-3-2-4-25(17-21)31(36(33,34)26-11-9-24(28)10-12-26)20-27(32)29-18-22-5-7-23(8-6-22)19-30-13-15-35-16-14-30/h2-12,17H,13-16,18-20H2,1H3,(H,29,32). The van der Waals surface area contributed by atoms with E-state index in [9.17, 15) is 13.2 Å². The molecular formula is C27H30ClN3O4S. The van der Waals surface area contributed by atoms with Gasteiger partial charge in [0.05, 0.1) is 23.8 Å². The summed E-state index contributed by atoms with van der Waals surface area (Å²) < 4.78 is 33.4. The third-order valence-electron chi connectivity index (χ3n) is 6.00. The number of aryl methyl sites for hydroxylation is 1. The first-order valence-corrected chi connectivity index (χ1v) is 13.6. The number of amides is 1. The summed E-state index contributed by atoms with van der Waals surface area (Å²) in [5.74, 6) is -0.397. The first-order valence-electron chi connectivity index (χ1n) is 11.8. The Morgan fingerprint density at radius 2 is 1.67 bits per heavy atom. The molecule has 0 radical (unpaired) electrons. The van der Waals surface area contributed by atoms with Crippen LogP contribution in [-0.4, -0.2) is 52.1 Å². The summed E-state index contributed by atoms with van der Waals surface area (Å²) in [4.78, 5) is 15.3. The summed E-state index contributed by atoms with van der Waals surface area (Å²) in [6.45, 7) is 6.07. The van der Waals surface area contributed by atoms with E-state index in [-0.39, 0.29) is 11.4 Å². The van der Waals surface area contributed by atoms with Gasteiger partial charge in [0.15, 0.2) is 0 Å². The molecule has 0 aromatic heterocycles. The van der Waals surface area contributed by atoms with E-state index < -0.39 is 15.9 Å². The zero-order valence-electron chi connectivity index (χ0n) is 20.2. The Morgan fingerprint density at radius 1 is 1.00 bits per heavy atom. The molecule has 4 rings (SSSR count). The number of halogens is 1. The predicted octanol–water partition coefficient (Wildman–Crippen LogP) is 3.99. The molecule has 190 valence electrons. The summed E-state index contributed by atoms with van der Waals surface area (Å²) in [5.41, 5.74) is 3.46. The molecule has 7 nitrogen and oxygen atoms in total. The smallest absolute Gasteiger partial charge is 0.264 e. The van der Waals surface area contributed by atoms with Gasteiger partial charge in [-0.05, 0) is 60.0 Å². The van der Waals surface area contributed by atoms with Crippen molar-refractivity contribution in [2.45, 2.75) is 24.9 Å². The zero-order chi connectivity index (χ0) is 25.5. The van der Waals surface area contributed by atoms with Crippen LogP contribution >= 0.6 is 11.6 Å². The first kappa shape index (κ1) is 26.2. The normalized spacial score (nSPS) is 14.4. The molecular weight excluding hydrogens is 498 g/mol. The van der Waals surface area contributed by atoms with Gasteiger partial charge in [0.1, 0.15) is 6.54 Å². The molecule has 1 aliphatic rings. The number of carbonyl (C=O) groups excluding carboxylic acids is 1. The molecule has 36 heavy (non-hydrogen) atoms. The van der Waals surface area contributed by atoms with Crippen LogP contribution in [0.15, 0.2) is 77.7 Å². The lowest BCUT2D eigenvalue weighted by Crippen LogP contribution is -2.40. The number of hydrogen-bond donors (Lipinski definition) is 1. The summed E-state index contributed by atoms with van der Waals surface area (Å²) in [6, 6.07) is 21.1. The predicted molar refractivity (Wildman–Crippen MR) is 142 cm³/mol. The number of hydrogen-bond acceptors (Lipinski definition) is 5. The van der Waals surface area contributed by atoms with Crippen molar-refractivity contribution in [2.75, 3.05) is 37.2 Å². The van der Waals surface area contributed by atoms with E-state index in [0.717, 1.165) is 48.3 Å². The molecule has 3 aromatic rings. The fourth-order valence-corrected chi connectivity index (χ4v) is 5.54. The van der Waals surface area contributed by atoms with Gasteiger partial charge < -0.3 is 10.1 Å². The van der Waals surface area contributed by atoms with Crippen LogP contribution < -0.4 is 9.62 Å². The number of morpholine rings is 1. The summed E-state index contributed by atoms with van der Waals surface area (Å²) in [6.07, 6.45) is 0. The molecule has 0 saturated carbocycles. The Kier molecular flexibility index (Phi) is 8.64. The topological polar surface area (TPSA) is 79.0 Å². The minimum absolute atomic E-state index is 0.0667. The highest BCUT2D eigenvalue weighted by Gasteiger charge is 2.27. The quantitative estimate of drug-likeness (QED) is 0.455. The molecule has 1 aliphatic heterocycles. The third-order valence-corrected chi connectivity index (χ3v) is 8.04. The number of ether oxygens (including phenoxy) is 1. The third kappa shape index (κ3) is 6.85. The van der Waals surface area contributed by atoms with Crippen LogP contribution in [0.3, 0.4) is 0 Å². The van der Waals surface area contributed by atoms with E-state index >= 15 is 0 Å². The number of nitrogens with one attached hydrogen (secondary N) is 1. The minimum Gasteiger partial charge on any atom is -0.379 e. The van der Waals surface area contributed by atoms with Crippen LogP contribution in [0.25, 0.3) is 0 Å². The SMILES string of the molecule is Cc1cccc(N(CC(=O)NCc2ccc(CN3CCOCC3)cc2)S(=O)(=O)c2ccc(Cl)cc2)c1. The second-order valence-corrected chi connectivity index (χ2v) is 11.1. The molecule has 0 aliphatic carbocycles. The van der Waals surface area contributed by atoms with E-state index in [1.54, 1.807) is 18.2 Å². The molecule has 0 atom stereocenters. The van der Waals surface area contributed by atoms with Gasteiger partial charge in [-0.1, -0.05) is 48.0 Å². The maximum atomic E-state index is 13.5. The van der Waals surface area contributed by atoms with Crippen LogP contribution in [0.4, 0.5) is 5.69 Å². The van der Waals surface area contributed by atoms with Gasteiger partial charge >= 0.3 is 0 Å². The second-order valence-electron chi connectivity index (χ2n) is 8.79. The molecule has 9 heteroatoms. The Balaban J connectivity index is 1.43. The van der Waals surface area contributed by atoms with Gasteiger partial charge in [0.25, 0.3) is 10.0 Å². The number of nitrogens with zero attached hydrogens (tertiary/aromatic N) is 2. The molecule has 0 spiro atoms. The molecule has 1 heterocycles. The zero-order valence-corrected chi connectivity index (χ0v) is 21.8. The molecule has 3 aromatic carbocycles. The van der Waals surface area contributed by atoms with Gasteiger partial charge in [0.2, 0.25) is 5.91 Å². The van der Waals surface area contributed by atoms with Gasteiger partial charge in [-0.15, -0.1) is 0 Å². The molecule has 0 bridgehead atoms. The van der Waals surface area contributed by atoms with Crippen molar-refractivity contribution >= 4 is 33.2 Å². The molecule has 1 fully saturated rings. The van der Waals surface area contributed by atoms with E-state index in [1.165, 1.54) is 29.8 Å².